The van der Waals surface area contributed by atoms with Crippen LogP contribution in [-0.2, 0) is 0 Å². The van der Waals surface area contributed by atoms with E-state index in [1.54, 1.807) is 6.08 Å². The molecule has 2 N–H and O–H groups in total. The van der Waals surface area contributed by atoms with E-state index in [0.29, 0.717) is 6.42 Å². The van der Waals surface area contributed by atoms with Gasteiger partial charge in [-0.25, -0.2) is 0 Å². The molecule has 0 spiro atoms. The molecule has 2 heteroatoms. The minimum absolute atomic E-state index is 0.273. The molecule has 0 aromatic heterocycles. The zero-order valence-corrected chi connectivity index (χ0v) is 7.16. The fourth-order valence-electron chi connectivity index (χ4n) is 0.966. The van der Waals surface area contributed by atoms with E-state index < -0.39 is 0 Å². The monoisotopic (exact) mass is 158 g/mol. The Labute approximate surface area is 68.6 Å². The predicted molar refractivity (Wildman–Crippen MR) is 46.5 cm³/mol. The van der Waals surface area contributed by atoms with Crippen LogP contribution < -0.4 is 0 Å². The van der Waals surface area contributed by atoms with Crippen molar-refractivity contribution in [1.29, 1.82) is 0 Å². The topological polar surface area (TPSA) is 40.5 Å². The summed E-state index contributed by atoms with van der Waals surface area (Å²) in [6.45, 7) is 2.14. The number of rotatable bonds is 6. The van der Waals surface area contributed by atoms with E-state index in [0.717, 1.165) is 19.1 Å². The van der Waals surface area contributed by atoms with Crippen molar-refractivity contribution in [2.45, 2.75) is 45.1 Å². The van der Waals surface area contributed by atoms with Crippen LogP contribution in [0.4, 0.5) is 0 Å². The zero-order valence-electron chi connectivity index (χ0n) is 7.16. The van der Waals surface area contributed by atoms with Crippen LogP contribution in [0.25, 0.3) is 0 Å². The second kappa shape index (κ2) is 7.61. The average molecular weight is 158 g/mol. The summed E-state index contributed by atoms with van der Waals surface area (Å²) < 4.78 is 0. The molecular weight excluding hydrogens is 140 g/mol. The van der Waals surface area contributed by atoms with Crippen LogP contribution in [-0.4, -0.2) is 16.3 Å². The van der Waals surface area contributed by atoms with Crippen molar-refractivity contribution in [2.75, 3.05) is 0 Å². The molecule has 0 aromatic carbocycles. The fourth-order valence-corrected chi connectivity index (χ4v) is 0.966. The molecule has 0 fully saturated rings. The van der Waals surface area contributed by atoms with E-state index in [-0.39, 0.29) is 6.10 Å². The summed E-state index contributed by atoms with van der Waals surface area (Å²) in [4.78, 5) is 0. The Morgan fingerprint density at radius 1 is 1.36 bits per heavy atom. The Morgan fingerprint density at radius 3 is 2.64 bits per heavy atom. The Hall–Kier alpha value is -0.500. The van der Waals surface area contributed by atoms with E-state index in [1.165, 1.54) is 12.8 Å². The van der Waals surface area contributed by atoms with Gasteiger partial charge in [0.05, 0.1) is 12.4 Å². The minimum Gasteiger partial charge on any atom is -0.516 e. The van der Waals surface area contributed by atoms with Crippen molar-refractivity contribution in [3.05, 3.63) is 12.3 Å². The lowest BCUT2D eigenvalue weighted by Crippen LogP contribution is -2.03. The van der Waals surface area contributed by atoms with E-state index >= 15 is 0 Å². The lowest BCUT2D eigenvalue weighted by molar-refractivity contribution is 0.163. The molecule has 0 aromatic rings. The van der Waals surface area contributed by atoms with Crippen molar-refractivity contribution < 1.29 is 10.2 Å². The Balaban J connectivity index is 3.15. The van der Waals surface area contributed by atoms with Crippen molar-refractivity contribution in [1.82, 2.24) is 0 Å². The van der Waals surface area contributed by atoms with Crippen LogP contribution in [0.3, 0.4) is 0 Å². The van der Waals surface area contributed by atoms with E-state index in [9.17, 15) is 5.11 Å². The highest BCUT2D eigenvalue weighted by atomic mass is 16.3. The van der Waals surface area contributed by atoms with Crippen LogP contribution >= 0.6 is 0 Å². The lowest BCUT2D eigenvalue weighted by Gasteiger charge is -2.05. The molecule has 1 unspecified atom stereocenters. The molecule has 0 radical (unpaired) electrons. The van der Waals surface area contributed by atoms with Gasteiger partial charge in [0.1, 0.15) is 0 Å². The Bertz CT molecular complexity index is 99.7. The van der Waals surface area contributed by atoms with Gasteiger partial charge in [-0.15, -0.1) is 0 Å². The molecule has 66 valence electrons. The van der Waals surface area contributed by atoms with Gasteiger partial charge >= 0.3 is 0 Å². The fraction of sp³-hybridized carbons (Fsp3) is 0.778. The molecule has 11 heavy (non-hydrogen) atoms. The molecule has 1 atom stereocenters. The van der Waals surface area contributed by atoms with Crippen molar-refractivity contribution in [3.63, 3.8) is 0 Å². The maximum Gasteiger partial charge on any atom is 0.0752 e. The van der Waals surface area contributed by atoms with Gasteiger partial charge in [0, 0.05) is 0 Å². The molecule has 0 saturated heterocycles. The standard InChI is InChI=1S/C9H18O2/c1-2-3-4-6-9(11)7-5-8-10/h5,8-11H,2-4,6-7H2,1H3/b8-5+. The molecule has 0 heterocycles. The van der Waals surface area contributed by atoms with Crippen LogP contribution in [0, 0.1) is 0 Å². The Morgan fingerprint density at radius 2 is 2.09 bits per heavy atom. The first-order valence-electron chi connectivity index (χ1n) is 4.28. The number of hydrogen-bond acceptors (Lipinski definition) is 2. The normalized spacial score (nSPS) is 14.0. The molecule has 2 nitrogen and oxygen atoms in total. The van der Waals surface area contributed by atoms with Gasteiger partial charge in [-0.3, -0.25) is 0 Å². The molecule has 0 rings (SSSR count). The van der Waals surface area contributed by atoms with Gasteiger partial charge in [0.2, 0.25) is 0 Å². The van der Waals surface area contributed by atoms with Gasteiger partial charge < -0.3 is 10.2 Å². The van der Waals surface area contributed by atoms with Crippen molar-refractivity contribution in [3.8, 4) is 0 Å². The number of hydrogen-bond donors (Lipinski definition) is 2. The summed E-state index contributed by atoms with van der Waals surface area (Å²) in [5.74, 6) is 0. The van der Waals surface area contributed by atoms with Crippen LogP contribution in [0.5, 0.6) is 0 Å². The highest BCUT2D eigenvalue weighted by Gasteiger charge is 1.99. The van der Waals surface area contributed by atoms with E-state index in [1.807, 2.05) is 0 Å². The van der Waals surface area contributed by atoms with Gasteiger partial charge in [0.25, 0.3) is 0 Å². The summed E-state index contributed by atoms with van der Waals surface area (Å²) in [5, 5.41) is 17.5. The maximum absolute atomic E-state index is 9.24. The molecule has 0 aliphatic heterocycles. The van der Waals surface area contributed by atoms with Crippen LogP contribution in [0.1, 0.15) is 39.0 Å². The average Bonchev–Trinajstić information content (AvgIpc) is 2.01. The molecule has 0 amide bonds. The Kier molecular flexibility index (Phi) is 7.26. The quantitative estimate of drug-likeness (QED) is 0.460. The first-order chi connectivity index (χ1) is 5.31. The van der Waals surface area contributed by atoms with Crippen LogP contribution in [0.2, 0.25) is 0 Å². The minimum atomic E-state index is -0.273. The smallest absolute Gasteiger partial charge is 0.0752 e. The lowest BCUT2D eigenvalue weighted by atomic mass is 10.1. The molecule has 0 aliphatic rings. The van der Waals surface area contributed by atoms with E-state index in [2.05, 4.69) is 6.92 Å². The summed E-state index contributed by atoms with van der Waals surface area (Å²) in [6.07, 6.45) is 7.15. The van der Waals surface area contributed by atoms with E-state index in [4.69, 9.17) is 5.11 Å². The number of unbranched alkanes of at least 4 members (excludes halogenated alkanes) is 2. The molecule has 0 saturated carbocycles. The zero-order chi connectivity index (χ0) is 8.53. The summed E-state index contributed by atoms with van der Waals surface area (Å²) >= 11 is 0. The van der Waals surface area contributed by atoms with Crippen molar-refractivity contribution >= 4 is 0 Å². The second-order valence-corrected chi connectivity index (χ2v) is 2.77. The summed E-state index contributed by atoms with van der Waals surface area (Å²) in [7, 11) is 0. The largest absolute Gasteiger partial charge is 0.516 e. The van der Waals surface area contributed by atoms with Gasteiger partial charge in [-0.2, -0.15) is 0 Å². The maximum atomic E-state index is 9.24. The first kappa shape index (κ1) is 10.5. The van der Waals surface area contributed by atoms with Crippen molar-refractivity contribution in [2.24, 2.45) is 0 Å². The number of aliphatic hydroxyl groups is 2. The van der Waals surface area contributed by atoms with Gasteiger partial charge in [-0.05, 0) is 18.9 Å². The second-order valence-electron chi connectivity index (χ2n) is 2.77. The highest BCUT2D eigenvalue weighted by Crippen LogP contribution is 2.06. The summed E-state index contributed by atoms with van der Waals surface area (Å²) in [5.41, 5.74) is 0. The summed E-state index contributed by atoms with van der Waals surface area (Å²) in [6, 6.07) is 0. The predicted octanol–water partition coefficient (Wildman–Crippen LogP) is 2.39. The SMILES string of the molecule is CCCCCC(O)C/C=C/O. The molecular formula is C9H18O2. The van der Waals surface area contributed by atoms with Crippen LogP contribution in [0.15, 0.2) is 12.3 Å². The third-order valence-electron chi connectivity index (χ3n) is 1.65. The highest BCUT2D eigenvalue weighted by molar-refractivity contribution is 4.75. The van der Waals surface area contributed by atoms with Gasteiger partial charge in [-0.1, -0.05) is 26.2 Å². The number of aliphatic hydroxyl groups excluding tert-OH is 2. The van der Waals surface area contributed by atoms with Gasteiger partial charge in [0.15, 0.2) is 0 Å². The molecule has 0 bridgehead atoms. The third-order valence-corrected chi connectivity index (χ3v) is 1.65. The first-order valence-corrected chi connectivity index (χ1v) is 4.28. The third kappa shape index (κ3) is 7.40. The molecule has 0 aliphatic carbocycles.